The van der Waals surface area contributed by atoms with Gasteiger partial charge >= 0.3 is 6.09 Å². The highest BCUT2D eigenvalue weighted by Gasteiger charge is 2.32. The number of hydrogen-bond acceptors (Lipinski definition) is 6. The third-order valence-electron chi connectivity index (χ3n) is 5.22. The van der Waals surface area contributed by atoms with Gasteiger partial charge in [0.1, 0.15) is 24.6 Å². The third-order valence-corrected chi connectivity index (χ3v) is 5.22. The van der Waals surface area contributed by atoms with E-state index >= 15 is 0 Å². The molecule has 1 saturated heterocycles. The molecule has 8 nitrogen and oxygen atoms in total. The van der Waals surface area contributed by atoms with E-state index in [2.05, 4.69) is 4.99 Å². The van der Waals surface area contributed by atoms with E-state index in [1.807, 2.05) is 0 Å². The summed E-state index contributed by atoms with van der Waals surface area (Å²) in [6.07, 6.45) is -0.586. The number of ether oxygens (including phenoxy) is 2. The fourth-order valence-electron chi connectivity index (χ4n) is 3.55. The van der Waals surface area contributed by atoms with Crippen molar-refractivity contribution in [3.63, 3.8) is 0 Å². The van der Waals surface area contributed by atoms with Crippen LogP contribution in [-0.4, -0.2) is 54.9 Å². The molecule has 162 valence electrons. The maximum atomic E-state index is 14.8. The van der Waals surface area contributed by atoms with Gasteiger partial charge < -0.3 is 20.3 Å². The van der Waals surface area contributed by atoms with Crippen LogP contribution in [0.4, 0.5) is 14.9 Å². The summed E-state index contributed by atoms with van der Waals surface area (Å²) in [6.45, 7) is 0.498. The summed E-state index contributed by atoms with van der Waals surface area (Å²) in [5.74, 6) is -0.482. The first kappa shape index (κ1) is 20.8. The Kier molecular flexibility index (Phi) is 5.85. The normalized spacial score (nSPS) is 20.4. The molecule has 0 saturated carbocycles. The first-order valence-electron chi connectivity index (χ1n) is 9.93. The number of nitrogens with two attached hydrogens (primary N) is 1. The molecular formula is C22H22FN3O5. The maximum absolute atomic E-state index is 14.8. The van der Waals surface area contributed by atoms with Gasteiger partial charge in [-0.05, 0) is 42.3 Å². The topological polar surface area (TPSA) is 114 Å². The highest BCUT2D eigenvalue weighted by Crippen LogP contribution is 2.30. The molecule has 9 heteroatoms. The van der Waals surface area contributed by atoms with E-state index in [9.17, 15) is 14.0 Å². The lowest BCUT2D eigenvalue weighted by Crippen LogP contribution is -2.25. The molecule has 0 radical (unpaired) electrons. The second-order valence-corrected chi connectivity index (χ2v) is 7.44. The summed E-state index contributed by atoms with van der Waals surface area (Å²) < 4.78 is 25.6. The number of aliphatic imine (C=N–C) groups is 1. The average Bonchev–Trinajstić information content (AvgIpc) is 3.39. The zero-order valence-corrected chi connectivity index (χ0v) is 16.7. The van der Waals surface area contributed by atoms with Crippen molar-refractivity contribution in [1.82, 2.24) is 0 Å². The number of primary amides is 1. The molecule has 2 aromatic rings. The fourth-order valence-corrected chi connectivity index (χ4v) is 3.55. The summed E-state index contributed by atoms with van der Waals surface area (Å²) >= 11 is 0. The Hall–Kier alpha value is -3.46. The summed E-state index contributed by atoms with van der Waals surface area (Å²) in [4.78, 5) is 28.7. The van der Waals surface area contributed by atoms with Crippen LogP contribution in [0.15, 0.2) is 47.5 Å². The lowest BCUT2D eigenvalue weighted by Gasteiger charge is -2.14. The first-order chi connectivity index (χ1) is 14.9. The lowest BCUT2D eigenvalue weighted by molar-refractivity contribution is -0.118. The molecule has 2 amide bonds. The van der Waals surface area contributed by atoms with E-state index in [0.29, 0.717) is 35.7 Å². The molecular weight excluding hydrogens is 405 g/mol. The highest BCUT2D eigenvalue weighted by molar-refractivity contribution is 5.95. The molecule has 0 aromatic heterocycles. The predicted molar refractivity (Wildman–Crippen MR) is 111 cm³/mol. The molecule has 3 N–H and O–H groups in total. The number of anilines is 1. The van der Waals surface area contributed by atoms with Crippen molar-refractivity contribution in [2.45, 2.75) is 25.0 Å². The van der Waals surface area contributed by atoms with Gasteiger partial charge in [0.05, 0.1) is 18.8 Å². The molecule has 31 heavy (non-hydrogen) atoms. The molecule has 2 aromatic carbocycles. The van der Waals surface area contributed by atoms with E-state index in [1.165, 1.54) is 11.0 Å². The van der Waals surface area contributed by atoms with Gasteiger partial charge in [-0.1, -0.05) is 12.1 Å². The van der Waals surface area contributed by atoms with Crippen molar-refractivity contribution >= 4 is 23.6 Å². The van der Waals surface area contributed by atoms with E-state index in [-0.39, 0.29) is 25.6 Å². The van der Waals surface area contributed by atoms with Crippen LogP contribution in [0.1, 0.15) is 18.4 Å². The summed E-state index contributed by atoms with van der Waals surface area (Å²) in [6, 6.07) is 11.4. The number of cyclic esters (lactones) is 1. The zero-order chi connectivity index (χ0) is 22.0. The summed E-state index contributed by atoms with van der Waals surface area (Å²) in [5.41, 5.74) is 7.31. The largest absolute Gasteiger partial charge is 0.475 e. The SMILES string of the molecule is NC(=O)CC[C@H]1CN(c2ccc(-c3ccc(C4=N[C@@H](CO)CO4)cc3)c(F)c2)C(=O)O1. The minimum absolute atomic E-state index is 0.0738. The van der Waals surface area contributed by atoms with Crippen molar-refractivity contribution in [1.29, 1.82) is 0 Å². The monoisotopic (exact) mass is 427 g/mol. The fraction of sp³-hybridized carbons (Fsp3) is 0.318. The second kappa shape index (κ2) is 8.73. The standard InChI is InChI=1S/C22H22FN3O5/c23-19-9-16(26-10-17(31-22(26)29)6-8-20(24)28)5-7-18(19)13-1-3-14(4-2-13)21-25-15(11-27)12-30-21/h1-5,7,9,15,17,27H,6,8,10-12H2,(H2,24,28)/t15-,17-/m0/s1. The van der Waals surface area contributed by atoms with Gasteiger partial charge in [-0.15, -0.1) is 0 Å². The van der Waals surface area contributed by atoms with Crippen LogP contribution in [0.5, 0.6) is 0 Å². The number of nitrogens with zero attached hydrogens (tertiary/aromatic N) is 2. The first-order valence-corrected chi connectivity index (χ1v) is 9.93. The Labute approximate surface area is 178 Å². The van der Waals surface area contributed by atoms with Crippen LogP contribution in [-0.2, 0) is 14.3 Å². The Balaban J connectivity index is 1.48. The van der Waals surface area contributed by atoms with Crippen LogP contribution in [0, 0.1) is 5.82 Å². The molecule has 4 rings (SSSR count). The lowest BCUT2D eigenvalue weighted by atomic mass is 10.0. The van der Waals surface area contributed by atoms with Crippen LogP contribution in [0.25, 0.3) is 11.1 Å². The number of carbonyl (C=O) groups excluding carboxylic acids is 2. The molecule has 0 aliphatic carbocycles. The molecule has 0 bridgehead atoms. The number of aliphatic hydroxyl groups is 1. The van der Waals surface area contributed by atoms with E-state index < -0.39 is 23.9 Å². The van der Waals surface area contributed by atoms with Gasteiger partial charge in [0.15, 0.2) is 0 Å². The minimum atomic E-state index is -0.579. The molecule has 2 atom stereocenters. The zero-order valence-electron chi connectivity index (χ0n) is 16.7. The van der Waals surface area contributed by atoms with Crippen LogP contribution >= 0.6 is 0 Å². The van der Waals surface area contributed by atoms with Gasteiger partial charge in [-0.25, -0.2) is 14.2 Å². The van der Waals surface area contributed by atoms with E-state index in [4.69, 9.17) is 20.3 Å². The molecule has 2 aliphatic heterocycles. The number of benzene rings is 2. The maximum Gasteiger partial charge on any atom is 0.414 e. The third kappa shape index (κ3) is 4.51. The van der Waals surface area contributed by atoms with Gasteiger partial charge in [0.25, 0.3) is 0 Å². The Bertz CT molecular complexity index is 1020. The summed E-state index contributed by atoms with van der Waals surface area (Å²) in [7, 11) is 0. The van der Waals surface area contributed by atoms with E-state index in [1.54, 1.807) is 36.4 Å². The van der Waals surface area contributed by atoms with Crippen molar-refractivity contribution in [3.05, 3.63) is 53.8 Å². The number of halogens is 1. The van der Waals surface area contributed by atoms with Gasteiger partial charge in [0, 0.05) is 17.5 Å². The number of rotatable bonds is 7. The van der Waals surface area contributed by atoms with Crippen LogP contribution < -0.4 is 10.6 Å². The number of hydrogen-bond donors (Lipinski definition) is 2. The Morgan fingerprint density at radius 3 is 2.61 bits per heavy atom. The molecule has 1 fully saturated rings. The number of aliphatic hydroxyl groups excluding tert-OH is 1. The van der Waals surface area contributed by atoms with Crippen LogP contribution in [0.2, 0.25) is 0 Å². The van der Waals surface area contributed by atoms with Crippen molar-refractivity contribution in [2.24, 2.45) is 10.7 Å². The van der Waals surface area contributed by atoms with Crippen molar-refractivity contribution in [2.75, 3.05) is 24.7 Å². The van der Waals surface area contributed by atoms with Crippen molar-refractivity contribution in [3.8, 4) is 11.1 Å². The summed E-state index contributed by atoms with van der Waals surface area (Å²) in [5, 5.41) is 9.15. The molecule has 2 heterocycles. The number of carbonyl (C=O) groups is 2. The quantitative estimate of drug-likeness (QED) is 0.703. The van der Waals surface area contributed by atoms with Crippen molar-refractivity contribution < 1.29 is 28.6 Å². The Morgan fingerprint density at radius 2 is 1.97 bits per heavy atom. The molecule has 2 aliphatic rings. The van der Waals surface area contributed by atoms with E-state index in [0.717, 1.165) is 5.56 Å². The van der Waals surface area contributed by atoms with Gasteiger partial charge in [0.2, 0.25) is 11.8 Å². The minimum Gasteiger partial charge on any atom is -0.475 e. The molecule has 0 spiro atoms. The number of amides is 2. The Morgan fingerprint density at radius 1 is 1.23 bits per heavy atom. The van der Waals surface area contributed by atoms with Crippen LogP contribution in [0.3, 0.4) is 0 Å². The smallest absolute Gasteiger partial charge is 0.414 e. The second-order valence-electron chi connectivity index (χ2n) is 7.44. The predicted octanol–water partition coefficient (Wildman–Crippen LogP) is 2.22. The highest BCUT2D eigenvalue weighted by atomic mass is 19.1. The van der Waals surface area contributed by atoms with Gasteiger partial charge in [-0.2, -0.15) is 0 Å². The van der Waals surface area contributed by atoms with Gasteiger partial charge in [-0.3, -0.25) is 9.69 Å². The molecule has 0 unspecified atom stereocenters. The average molecular weight is 427 g/mol.